The van der Waals surface area contributed by atoms with Gasteiger partial charge >= 0.3 is 0 Å². The monoisotopic (exact) mass is 275 g/mol. The normalized spacial score (nSPS) is 14.7. The van der Waals surface area contributed by atoms with Gasteiger partial charge in [0.05, 0.1) is 17.4 Å². The molecule has 1 aromatic rings. The Labute approximate surface area is 105 Å². The van der Waals surface area contributed by atoms with E-state index in [4.69, 9.17) is 10.9 Å². The minimum Gasteiger partial charge on any atom is -0.409 e. The van der Waals surface area contributed by atoms with Gasteiger partial charge < -0.3 is 10.9 Å². The van der Waals surface area contributed by atoms with Crippen LogP contribution in [0.2, 0.25) is 0 Å². The van der Waals surface area contributed by atoms with E-state index in [1.54, 1.807) is 20.8 Å². The Balaban J connectivity index is 3.09. The SMILES string of the molecule is CCC(NS(=O)(=O)c1c(C)n[nH]c1C)/C(N)=N/O. The van der Waals surface area contributed by atoms with E-state index in [1.807, 2.05) is 0 Å². The van der Waals surface area contributed by atoms with Crippen LogP contribution in [0.3, 0.4) is 0 Å². The molecule has 0 saturated heterocycles. The maximum absolute atomic E-state index is 12.2. The topological polar surface area (TPSA) is 133 Å². The van der Waals surface area contributed by atoms with Gasteiger partial charge in [0, 0.05) is 0 Å². The van der Waals surface area contributed by atoms with Gasteiger partial charge in [-0.25, -0.2) is 13.1 Å². The lowest BCUT2D eigenvalue weighted by Crippen LogP contribution is -2.44. The van der Waals surface area contributed by atoms with Crippen LogP contribution >= 0.6 is 0 Å². The van der Waals surface area contributed by atoms with Crippen LogP contribution in [0, 0.1) is 13.8 Å². The van der Waals surface area contributed by atoms with Crippen LogP contribution in [0.1, 0.15) is 24.7 Å². The van der Waals surface area contributed by atoms with E-state index in [2.05, 4.69) is 20.1 Å². The molecule has 8 nitrogen and oxygen atoms in total. The number of hydrogen-bond acceptors (Lipinski definition) is 5. The quantitative estimate of drug-likeness (QED) is 0.256. The summed E-state index contributed by atoms with van der Waals surface area (Å²) in [5.41, 5.74) is 6.22. The molecule has 0 aliphatic heterocycles. The highest BCUT2D eigenvalue weighted by Gasteiger charge is 2.26. The summed E-state index contributed by atoms with van der Waals surface area (Å²) in [5, 5.41) is 17.8. The van der Waals surface area contributed by atoms with Crippen LogP contribution in [0.15, 0.2) is 10.1 Å². The number of nitrogens with one attached hydrogen (secondary N) is 2. The first kappa shape index (κ1) is 14.5. The van der Waals surface area contributed by atoms with E-state index in [-0.39, 0.29) is 10.7 Å². The van der Waals surface area contributed by atoms with Crippen LogP contribution in [0.4, 0.5) is 0 Å². The molecular formula is C9H17N5O3S. The summed E-state index contributed by atoms with van der Waals surface area (Å²) in [6.07, 6.45) is 0.366. The average Bonchev–Trinajstić information content (AvgIpc) is 2.65. The van der Waals surface area contributed by atoms with Crippen molar-refractivity contribution >= 4 is 15.9 Å². The summed E-state index contributed by atoms with van der Waals surface area (Å²) in [6.45, 7) is 4.92. The highest BCUT2D eigenvalue weighted by atomic mass is 32.2. The van der Waals surface area contributed by atoms with Crippen molar-refractivity contribution in [1.82, 2.24) is 14.9 Å². The number of hydrogen-bond donors (Lipinski definition) is 4. The minimum atomic E-state index is -3.76. The summed E-state index contributed by atoms with van der Waals surface area (Å²) in [7, 11) is -3.76. The predicted octanol–water partition coefficient (Wildman–Crippen LogP) is -0.170. The number of aryl methyl sites for hydroxylation is 2. The van der Waals surface area contributed by atoms with Crippen molar-refractivity contribution in [3.63, 3.8) is 0 Å². The molecule has 9 heteroatoms. The van der Waals surface area contributed by atoms with Crippen molar-refractivity contribution in [2.75, 3.05) is 0 Å². The van der Waals surface area contributed by atoms with Gasteiger partial charge in [-0.15, -0.1) is 0 Å². The molecule has 0 amide bonds. The zero-order chi connectivity index (χ0) is 13.9. The molecule has 1 heterocycles. The van der Waals surface area contributed by atoms with Crippen molar-refractivity contribution in [3.8, 4) is 0 Å². The maximum atomic E-state index is 12.2. The maximum Gasteiger partial charge on any atom is 0.244 e. The molecule has 0 aliphatic rings. The molecule has 18 heavy (non-hydrogen) atoms. The minimum absolute atomic E-state index is 0.0895. The van der Waals surface area contributed by atoms with Crippen LogP contribution in [-0.4, -0.2) is 35.7 Å². The average molecular weight is 275 g/mol. The molecule has 1 rings (SSSR count). The second-order valence-corrected chi connectivity index (χ2v) is 5.52. The molecule has 0 spiro atoms. The van der Waals surface area contributed by atoms with E-state index >= 15 is 0 Å². The Hall–Kier alpha value is -1.61. The molecule has 1 atom stereocenters. The van der Waals surface area contributed by atoms with Crippen molar-refractivity contribution in [2.45, 2.75) is 38.1 Å². The van der Waals surface area contributed by atoms with E-state index in [0.717, 1.165) is 0 Å². The fourth-order valence-electron chi connectivity index (χ4n) is 1.61. The molecule has 0 bridgehead atoms. The van der Waals surface area contributed by atoms with Gasteiger partial charge in [-0.1, -0.05) is 12.1 Å². The van der Waals surface area contributed by atoms with Gasteiger partial charge in [-0.3, -0.25) is 5.10 Å². The lowest BCUT2D eigenvalue weighted by atomic mass is 10.2. The Morgan fingerprint density at radius 1 is 1.61 bits per heavy atom. The third kappa shape index (κ3) is 2.79. The second kappa shape index (κ2) is 5.36. The van der Waals surface area contributed by atoms with E-state index in [9.17, 15) is 8.42 Å². The van der Waals surface area contributed by atoms with Crippen LogP contribution in [-0.2, 0) is 10.0 Å². The molecule has 0 aliphatic carbocycles. The first-order chi connectivity index (χ1) is 8.33. The third-order valence-electron chi connectivity index (χ3n) is 2.51. The van der Waals surface area contributed by atoms with E-state index < -0.39 is 16.1 Å². The Morgan fingerprint density at radius 2 is 2.22 bits per heavy atom. The van der Waals surface area contributed by atoms with Gasteiger partial charge in [0.1, 0.15) is 4.90 Å². The molecule has 0 fully saturated rings. The number of sulfonamides is 1. The number of aromatic nitrogens is 2. The van der Waals surface area contributed by atoms with Gasteiger partial charge in [-0.2, -0.15) is 5.10 Å². The van der Waals surface area contributed by atoms with Crippen molar-refractivity contribution in [3.05, 3.63) is 11.4 Å². The summed E-state index contributed by atoms with van der Waals surface area (Å²) >= 11 is 0. The van der Waals surface area contributed by atoms with Crippen LogP contribution < -0.4 is 10.5 Å². The molecule has 1 aromatic heterocycles. The summed E-state index contributed by atoms with van der Waals surface area (Å²) in [6, 6.07) is -0.756. The van der Waals surface area contributed by atoms with E-state index in [0.29, 0.717) is 17.8 Å². The lowest BCUT2D eigenvalue weighted by Gasteiger charge is -2.15. The largest absolute Gasteiger partial charge is 0.409 e. The third-order valence-corrected chi connectivity index (χ3v) is 4.24. The Kier molecular flexibility index (Phi) is 4.30. The zero-order valence-electron chi connectivity index (χ0n) is 10.4. The summed E-state index contributed by atoms with van der Waals surface area (Å²) < 4.78 is 26.7. The second-order valence-electron chi connectivity index (χ2n) is 3.87. The highest BCUT2D eigenvalue weighted by molar-refractivity contribution is 7.89. The zero-order valence-corrected chi connectivity index (χ0v) is 11.2. The standard InChI is InChI=1S/C9H17N5O3S/c1-4-7(9(10)13-15)14-18(16,17)8-5(2)11-12-6(8)3/h7,14-15H,4H2,1-3H3,(H2,10,13)(H,11,12). The number of amidine groups is 1. The number of rotatable bonds is 5. The number of nitrogens with zero attached hydrogens (tertiary/aromatic N) is 2. The Bertz CT molecular complexity index is 529. The van der Waals surface area contributed by atoms with Crippen LogP contribution in [0.5, 0.6) is 0 Å². The first-order valence-corrected chi connectivity index (χ1v) is 6.83. The molecule has 0 aromatic carbocycles. The number of aromatic amines is 1. The highest BCUT2D eigenvalue weighted by Crippen LogP contribution is 2.17. The predicted molar refractivity (Wildman–Crippen MR) is 65.9 cm³/mol. The van der Waals surface area contributed by atoms with Crippen molar-refractivity contribution in [2.24, 2.45) is 10.9 Å². The molecular weight excluding hydrogens is 258 g/mol. The van der Waals surface area contributed by atoms with Gasteiger partial charge in [-0.05, 0) is 20.3 Å². The van der Waals surface area contributed by atoms with Gasteiger partial charge in [0.25, 0.3) is 0 Å². The fraction of sp³-hybridized carbons (Fsp3) is 0.556. The molecule has 0 saturated carbocycles. The first-order valence-electron chi connectivity index (χ1n) is 5.34. The van der Waals surface area contributed by atoms with Crippen molar-refractivity contribution in [1.29, 1.82) is 0 Å². The molecule has 0 radical (unpaired) electrons. The van der Waals surface area contributed by atoms with E-state index in [1.165, 1.54) is 0 Å². The summed E-state index contributed by atoms with van der Waals surface area (Å²) in [4.78, 5) is 0.0895. The molecule has 1 unspecified atom stereocenters. The Morgan fingerprint density at radius 3 is 2.61 bits per heavy atom. The lowest BCUT2D eigenvalue weighted by molar-refractivity contribution is 0.315. The number of nitrogens with two attached hydrogens (primary N) is 1. The molecule has 102 valence electrons. The fourth-order valence-corrected chi connectivity index (χ4v) is 3.27. The van der Waals surface area contributed by atoms with Gasteiger partial charge in [0.2, 0.25) is 10.0 Å². The number of H-pyrrole nitrogens is 1. The van der Waals surface area contributed by atoms with Crippen LogP contribution in [0.25, 0.3) is 0 Å². The smallest absolute Gasteiger partial charge is 0.244 e. The molecule has 5 N–H and O–H groups in total. The number of oxime groups is 1. The van der Waals surface area contributed by atoms with Crippen molar-refractivity contribution < 1.29 is 13.6 Å². The summed E-state index contributed by atoms with van der Waals surface area (Å²) in [5.74, 6) is -0.181. The van der Waals surface area contributed by atoms with Gasteiger partial charge in [0.15, 0.2) is 5.84 Å².